The van der Waals surface area contributed by atoms with Crippen molar-refractivity contribution in [2.75, 3.05) is 0 Å². The van der Waals surface area contributed by atoms with Gasteiger partial charge in [-0.15, -0.1) is 0 Å². The SMILES string of the molecule is c1ccc2c(c1)Oc1ccc(-c3ccc(-c4cccc5oc6cc7ccccc7cc6c45)cc3)c3cccc-2c13. The van der Waals surface area contributed by atoms with Crippen LogP contribution in [0.15, 0.2) is 138 Å². The molecule has 1 aliphatic rings. The molecule has 2 heterocycles. The van der Waals surface area contributed by atoms with Crippen LogP contribution in [-0.4, -0.2) is 0 Å². The molecule has 0 unspecified atom stereocenters. The number of hydrogen-bond acceptors (Lipinski definition) is 2. The predicted octanol–water partition coefficient (Wildman–Crippen LogP) is 11.0. The highest BCUT2D eigenvalue weighted by atomic mass is 16.5. The molecule has 2 heteroatoms. The molecule has 0 spiro atoms. The molecule has 7 aromatic carbocycles. The van der Waals surface area contributed by atoms with Gasteiger partial charge in [0, 0.05) is 21.7 Å². The molecule has 0 saturated carbocycles. The molecular formula is C38H22O2. The van der Waals surface area contributed by atoms with Gasteiger partial charge in [0.1, 0.15) is 22.7 Å². The van der Waals surface area contributed by atoms with E-state index in [9.17, 15) is 0 Å². The van der Waals surface area contributed by atoms with Crippen LogP contribution in [0, 0.1) is 0 Å². The summed E-state index contributed by atoms with van der Waals surface area (Å²) in [4.78, 5) is 0. The maximum atomic E-state index is 6.32. The molecule has 186 valence electrons. The fourth-order valence-electron chi connectivity index (χ4n) is 6.41. The lowest BCUT2D eigenvalue weighted by atomic mass is 9.90. The third kappa shape index (κ3) is 3.05. The lowest BCUT2D eigenvalue weighted by Gasteiger charge is -2.22. The topological polar surface area (TPSA) is 22.4 Å². The second-order valence-corrected chi connectivity index (χ2v) is 10.5. The van der Waals surface area contributed by atoms with E-state index in [4.69, 9.17) is 9.15 Å². The molecule has 2 nitrogen and oxygen atoms in total. The summed E-state index contributed by atoms with van der Waals surface area (Å²) in [7, 11) is 0. The summed E-state index contributed by atoms with van der Waals surface area (Å²) in [6, 6.07) is 47.2. The van der Waals surface area contributed by atoms with Gasteiger partial charge in [0.05, 0.1) is 0 Å². The predicted molar refractivity (Wildman–Crippen MR) is 165 cm³/mol. The van der Waals surface area contributed by atoms with E-state index in [0.29, 0.717) is 0 Å². The van der Waals surface area contributed by atoms with E-state index in [1.165, 1.54) is 49.4 Å². The van der Waals surface area contributed by atoms with Crippen molar-refractivity contribution >= 4 is 43.5 Å². The Balaban J connectivity index is 1.19. The zero-order valence-corrected chi connectivity index (χ0v) is 21.5. The Kier molecular flexibility index (Phi) is 4.36. The van der Waals surface area contributed by atoms with Gasteiger partial charge >= 0.3 is 0 Å². The third-order valence-corrected chi connectivity index (χ3v) is 8.27. The van der Waals surface area contributed by atoms with Gasteiger partial charge in [-0.05, 0) is 74.3 Å². The molecule has 0 atom stereocenters. The summed E-state index contributed by atoms with van der Waals surface area (Å²) in [6.45, 7) is 0. The lowest BCUT2D eigenvalue weighted by Crippen LogP contribution is -1.97. The maximum absolute atomic E-state index is 6.32. The first-order chi connectivity index (χ1) is 19.8. The maximum Gasteiger partial charge on any atom is 0.136 e. The molecule has 1 aliphatic heterocycles. The minimum atomic E-state index is 0.911. The molecule has 0 saturated heterocycles. The highest BCUT2D eigenvalue weighted by Crippen LogP contribution is 2.48. The van der Waals surface area contributed by atoms with Crippen LogP contribution in [0.5, 0.6) is 11.5 Å². The summed E-state index contributed by atoms with van der Waals surface area (Å²) in [6.07, 6.45) is 0. The quantitative estimate of drug-likeness (QED) is 0.231. The number of furan rings is 1. The zero-order chi connectivity index (χ0) is 26.2. The van der Waals surface area contributed by atoms with Crippen LogP contribution in [-0.2, 0) is 0 Å². The van der Waals surface area contributed by atoms with Gasteiger partial charge in [0.25, 0.3) is 0 Å². The number of rotatable bonds is 2. The summed E-state index contributed by atoms with van der Waals surface area (Å²) < 4.78 is 12.6. The molecule has 9 rings (SSSR count). The number of benzene rings is 7. The molecule has 40 heavy (non-hydrogen) atoms. The van der Waals surface area contributed by atoms with Crippen molar-refractivity contribution in [3.05, 3.63) is 133 Å². The second-order valence-electron chi connectivity index (χ2n) is 10.5. The van der Waals surface area contributed by atoms with Gasteiger partial charge in [-0.25, -0.2) is 0 Å². The van der Waals surface area contributed by atoms with Crippen molar-refractivity contribution < 1.29 is 9.15 Å². The molecule has 0 amide bonds. The van der Waals surface area contributed by atoms with Crippen molar-refractivity contribution in [3.8, 4) is 44.9 Å². The monoisotopic (exact) mass is 510 g/mol. The van der Waals surface area contributed by atoms with E-state index in [1.54, 1.807) is 0 Å². The Morgan fingerprint density at radius 1 is 0.375 bits per heavy atom. The van der Waals surface area contributed by atoms with Crippen LogP contribution in [0.4, 0.5) is 0 Å². The van der Waals surface area contributed by atoms with E-state index < -0.39 is 0 Å². The van der Waals surface area contributed by atoms with E-state index in [2.05, 4.69) is 121 Å². The van der Waals surface area contributed by atoms with Crippen molar-refractivity contribution in [1.82, 2.24) is 0 Å². The van der Waals surface area contributed by atoms with Crippen molar-refractivity contribution in [2.45, 2.75) is 0 Å². The number of ether oxygens (including phenoxy) is 1. The Bertz CT molecular complexity index is 2290. The van der Waals surface area contributed by atoms with E-state index in [-0.39, 0.29) is 0 Å². The molecule has 0 radical (unpaired) electrons. The molecule has 8 aromatic rings. The van der Waals surface area contributed by atoms with Crippen LogP contribution in [0.2, 0.25) is 0 Å². The standard InChI is InChI=1S/C38H22O2/c1-2-8-26-22-36-32(21-25(26)7-1)37-28(10-6-14-34(37)40-36)24-17-15-23(16-18-24)27-19-20-35-38-30(27)11-5-12-31(38)29-9-3-4-13-33(29)39-35/h1-22H. The van der Waals surface area contributed by atoms with Crippen LogP contribution in [0.3, 0.4) is 0 Å². The third-order valence-electron chi connectivity index (χ3n) is 8.27. The van der Waals surface area contributed by atoms with Gasteiger partial charge in [-0.1, -0.05) is 103 Å². The van der Waals surface area contributed by atoms with Gasteiger partial charge in [0.15, 0.2) is 0 Å². The first kappa shape index (κ1) is 21.6. The van der Waals surface area contributed by atoms with E-state index in [0.717, 1.165) is 39.0 Å². The minimum absolute atomic E-state index is 0.911. The summed E-state index contributed by atoms with van der Waals surface area (Å²) in [5.41, 5.74) is 8.93. The van der Waals surface area contributed by atoms with Crippen molar-refractivity contribution in [2.24, 2.45) is 0 Å². The van der Waals surface area contributed by atoms with Crippen molar-refractivity contribution in [3.63, 3.8) is 0 Å². The number of fused-ring (bicyclic) bond motifs is 6. The summed E-state index contributed by atoms with van der Waals surface area (Å²) >= 11 is 0. The van der Waals surface area contributed by atoms with E-state index >= 15 is 0 Å². The van der Waals surface area contributed by atoms with E-state index in [1.807, 2.05) is 12.1 Å². The Morgan fingerprint density at radius 3 is 1.95 bits per heavy atom. The van der Waals surface area contributed by atoms with Crippen LogP contribution >= 0.6 is 0 Å². The smallest absolute Gasteiger partial charge is 0.136 e. The van der Waals surface area contributed by atoms with Crippen LogP contribution < -0.4 is 4.74 Å². The summed E-state index contributed by atoms with van der Waals surface area (Å²) in [5.74, 6) is 1.82. The lowest BCUT2D eigenvalue weighted by molar-refractivity contribution is 0.487. The largest absolute Gasteiger partial charge is 0.456 e. The molecular weight excluding hydrogens is 488 g/mol. The second kappa shape index (κ2) is 8.08. The number of para-hydroxylation sites is 1. The number of hydrogen-bond donors (Lipinski definition) is 0. The molecule has 0 fully saturated rings. The Hall–Kier alpha value is -5.34. The average molecular weight is 511 g/mol. The van der Waals surface area contributed by atoms with Gasteiger partial charge in [-0.3, -0.25) is 0 Å². The molecule has 0 bridgehead atoms. The van der Waals surface area contributed by atoms with Gasteiger partial charge < -0.3 is 9.15 Å². The van der Waals surface area contributed by atoms with Crippen molar-refractivity contribution in [1.29, 1.82) is 0 Å². The zero-order valence-electron chi connectivity index (χ0n) is 21.5. The highest BCUT2D eigenvalue weighted by Gasteiger charge is 2.21. The summed E-state index contributed by atoms with van der Waals surface area (Å²) in [5, 5.41) is 7.09. The normalized spacial score (nSPS) is 12.2. The van der Waals surface area contributed by atoms with Crippen LogP contribution in [0.1, 0.15) is 0 Å². The Morgan fingerprint density at radius 2 is 1.07 bits per heavy atom. The first-order valence-electron chi connectivity index (χ1n) is 13.6. The Labute approximate surface area is 230 Å². The molecule has 0 aliphatic carbocycles. The average Bonchev–Trinajstić information content (AvgIpc) is 3.38. The molecule has 1 aromatic heterocycles. The highest BCUT2D eigenvalue weighted by molar-refractivity contribution is 6.16. The molecule has 0 N–H and O–H groups in total. The minimum Gasteiger partial charge on any atom is -0.456 e. The fourth-order valence-corrected chi connectivity index (χ4v) is 6.41. The van der Waals surface area contributed by atoms with Gasteiger partial charge in [0.2, 0.25) is 0 Å². The first-order valence-corrected chi connectivity index (χ1v) is 13.6. The van der Waals surface area contributed by atoms with Crippen LogP contribution in [0.25, 0.3) is 76.9 Å². The fraction of sp³-hybridized carbons (Fsp3) is 0. The van der Waals surface area contributed by atoms with Gasteiger partial charge in [-0.2, -0.15) is 0 Å².